The molecule has 0 spiro atoms. The molecular formula is C16H28N2. The summed E-state index contributed by atoms with van der Waals surface area (Å²) in [5.41, 5.74) is 4.14. The van der Waals surface area contributed by atoms with Gasteiger partial charge in [0.25, 0.3) is 0 Å². The molecule has 0 bridgehead atoms. The molecular weight excluding hydrogens is 220 g/mol. The third-order valence-corrected chi connectivity index (χ3v) is 3.22. The Bertz CT molecular complexity index is 358. The summed E-state index contributed by atoms with van der Waals surface area (Å²) >= 11 is 0. The number of rotatable bonds is 7. The molecule has 0 fully saturated rings. The van der Waals surface area contributed by atoms with Gasteiger partial charge in [0.2, 0.25) is 0 Å². The number of nitrogens with one attached hydrogen (secondary N) is 1. The van der Waals surface area contributed by atoms with Gasteiger partial charge >= 0.3 is 0 Å². The molecule has 0 unspecified atom stereocenters. The summed E-state index contributed by atoms with van der Waals surface area (Å²) < 4.78 is 0. The van der Waals surface area contributed by atoms with Crippen LogP contribution in [0.2, 0.25) is 0 Å². The van der Waals surface area contributed by atoms with Crippen molar-refractivity contribution >= 4 is 5.69 Å². The minimum atomic E-state index is 0.701. The number of hydrogen-bond donors (Lipinski definition) is 1. The lowest BCUT2D eigenvalue weighted by Crippen LogP contribution is -2.27. The lowest BCUT2D eigenvalue weighted by molar-refractivity contribution is 0.618. The van der Waals surface area contributed by atoms with Gasteiger partial charge in [0.05, 0.1) is 0 Å². The predicted octanol–water partition coefficient (Wildman–Crippen LogP) is 3.59. The van der Waals surface area contributed by atoms with E-state index in [1.807, 2.05) is 0 Å². The summed E-state index contributed by atoms with van der Waals surface area (Å²) in [5.74, 6) is 0.701. The number of aryl methyl sites for hydroxylation is 1. The molecule has 1 aromatic rings. The number of nitrogens with zero attached hydrogens (tertiary/aromatic N) is 1. The summed E-state index contributed by atoms with van der Waals surface area (Å²) in [7, 11) is 0. The van der Waals surface area contributed by atoms with Gasteiger partial charge in [-0.25, -0.2) is 0 Å². The van der Waals surface area contributed by atoms with Crippen LogP contribution in [0.5, 0.6) is 0 Å². The van der Waals surface area contributed by atoms with E-state index in [-0.39, 0.29) is 0 Å². The summed E-state index contributed by atoms with van der Waals surface area (Å²) in [4.78, 5) is 2.45. The van der Waals surface area contributed by atoms with Crippen molar-refractivity contribution in [3.63, 3.8) is 0 Å². The fourth-order valence-corrected chi connectivity index (χ4v) is 2.19. The Morgan fingerprint density at radius 2 is 1.94 bits per heavy atom. The average molecular weight is 248 g/mol. The molecule has 0 aromatic heterocycles. The van der Waals surface area contributed by atoms with Crippen LogP contribution in [-0.2, 0) is 6.54 Å². The maximum atomic E-state index is 3.39. The number of benzene rings is 1. The second kappa shape index (κ2) is 7.42. The molecule has 0 heterocycles. The van der Waals surface area contributed by atoms with Crippen LogP contribution < -0.4 is 10.2 Å². The molecule has 0 radical (unpaired) electrons. The second-order valence-electron chi connectivity index (χ2n) is 5.32. The molecule has 0 saturated carbocycles. The second-order valence-corrected chi connectivity index (χ2v) is 5.32. The lowest BCUT2D eigenvalue weighted by Gasteiger charge is -2.26. The highest BCUT2D eigenvalue weighted by Gasteiger charge is 2.08. The van der Waals surface area contributed by atoms with Crippen LogP contribution in [0.1, 0.15) is 38.8 Å². The van der Waals surface area contributed by atoms with Crippen molar-refractivity contribution < 1.29 is 0 Å². The van der Waals surface area contributed by atoms with E-state index in [1.54, 1.807) is 0 Å². The van der Waals surface area contributed by atoms with Gasteiger partial charge in [-0.05, 0) is 49.6 Å². The highest BCUT2D eigenvalue weighted by Crippen LogP contribution is 2.20. The van der Waals surface area contributed by atoms with Gasteiger partial charge in [0, 0.05) is 25.3 Å². The molecule has 102 valence electrons. The van der Waals surface area contributed by atoms with Crippen molar-refractivity contribution in [1.82, 2.24) is 5.32 Å². The molecule has 2 nitrogen and oxygen atoms in total. The van der Waals surface area contributed by atoms with E-state index in [1.165, 1.54) is 16.8 Å². The van der Waals surface area contributed by atoms with Gasteiger partial charge in [0.15, 0.2) is 0 Å². The first-order chi connectivity index (χ1) is 8.58. The van der Waals surface area contributed by atoms with E-state index in [0.29, 0.717) is 5.92 Å². The topological polar surface area (TPSA) is 15.3 Å². The van der Waals surface area contributed by atoms with Crippen molar-refractivity contribution in [1.29, 1.82) is 0 Å². The Morgan fingerprint density at radius 3 is 2.44 bits per heavy atom. The lowest BCUT2D eigenvalue weighted by atomic mass is 10.1. The van der Waals surface area contributed by atoms with Crippen LogP contribution in [-0.4, -0.2) is 19.6 Å². The van der Waals surface area contributed by atoms with Crippen molar-refractivity contribution in [3.05, 3.63) is 29.3 Å². The Hall–Kier alpha value is -1.02. The van der Waals surface area contributed by atoms with Crippen LogP contribution in [0.3, 0.4) is 0 Å². The van der Waals surface area contributed by atoms with E-state index in [0.717, 1.165) is 26.2 Å². The Balaban J connectivity index is 2.81. The zero-order valence-electron chi connectivity index (χ0n) is 12.6. The Labute approximate surface area is 112 Å². The first kappa shape index (κ1) is 15.0. The third-order valence-electron chi connectivity index (χ3n) is 3.22. The fraction of sp³-hybridized carbons (Fsp3) is 0.625. The average Bonchev–Trinajstić information content (AvgIpc) is 2.34. The first-order valence-corrected chi connectivity index (χ1v) is 7.13. The summed E-state index contributed by atoms with van der Waals surface area (Å²) in [6, 6.07) is 6.83. The molecule has 0 aliphatic carbocycles. The van der Waals surface area contributed by atoms with Gasteiger partial charge in [-0.15, -0.1) is 0 Å². The van der Waals surface area contributed by atoms with E-state index in [2.05, 4.69) is 63.0 Å². The van der Waals surface area contributed by atoms with Crippen molar-refractivity contribution in [2.45, 2.75) is 41.2 Å². The molecule has 2 heteroatoms. The minimum absolute atomic E-state index is 0.701. The predicted molar refractivity (Wildman–Crippen MR) is 81.3 cm³/mol. The zero-order chi connectivity index (χ0) is 13.5. The first-order valence-electron chi connectivity index (χ1n) is 7.13. The van der Waals surface area contributed by atoms with Gasteiger partial charge in [-0.1, -0.05) is 26.8 Å². The van der Waals surface area contributed by atoms with E-state index in [9.17, 15) is 0 Å². The van der Waals surface area contributed by atoms with Gasteiger partial charge in [-0.3, -0.25) is 0 Å². The molecule has 1 N–H and O–H groups in total. The smallest absolute Gasteiger partial charge is 0.0369 e. The SMILES string of the molecule is CCNCc1ccc(N(CC)CC(C)C)cc1C. The molecule has 1 aromatic carbocycles. The van der Waals surface area contributed by atoms with Crippen LogP contribution in [0.4, 0.5) is 5.69 Å². The monoisotopic (exact) mass is 248 g/mol. The molecule has 0 aliphatic heterocycles. The molecule has 0 aliphatic rings. The molecule has 18 heavy (non-hydrogen) atoms. The minimum Gasteiger partial charge on any atom is -0.372 e. The maximum Gasteiger partial charge on any atom is 0.0369 e. The highest BCUT2D eigenvalue weighted by atomic mass is 15.1. The van der Waals surface area contributed by atoms with Crippen molar-refractivity contribution in [3.8, 4) is 0 Å². The van der Waals surface area contributed by atoms with E-state index >= 15 is 0 Å². The summed E-state index contributed by atoms with van der Waals surface area (Å²) in [6.45, 7) is 15.3. The summed E-state index contributed by atoms with van der Waals surface area (Å²) in [6.07, 6.45) is 0. The molecule has 0 saturated heterocycles. The molecule has 1 rings (SSSR count). The third kappa shape index (κ3) is 4.34. The Morgan fingerprint density at radius 1 is 1.22 bits per heavy atom. The maximum absolute atomic E-state index is 3.39. The molecule has 0 amide bonds. The van der Waals surface area contributed by atoms with Crippen molar-refractivity contribution in [2.75, 3.05) is 24.5 Å². The van der Waals surface area contributed by atoms with Crippen molar-refractivity contribution in [2.24, 2.45) is 5.92 Å². The van der Waals surface area contributed by atoms with E-state index < -0.39 is 0 Å². The highest BCUT2D eigenvalue weighted by molar-refractivity contribution is 5.50. The number of hydrogen-bond acceptors (Lipinski definition) is 2. The van der Waals surface area contributed by atoms with Gasteiger partial charge < -0.3 is 10.2 Å². The van der Waals surface area contributed by atoms with Gasteiger partial charge in [-0.2, -0.15) is 0 Å². The standard InChI is InChI=1S/C16H28N2/c1-6-17-11-15-8-9-16(10-14(15)5)18(7-2)12-13(3)4/h8-10,13,17H,6-7,11-12H2,1-5H3. The van der Waals surface area contributed by atoms with Crippen LogP contribution in [0, 0.1) is 12.8 Å². The number of anilines is 1. The molecule has 0 atom stereocenters. The fourth-order valence-electron chi connectivity index (χ4n) is 2.19. The largest absolute Gasteiger partial charge is 0.372 e. The zero-order valence-corrected chi connectivity index (χ0v) is 12.6. The van der Waals surface area contributed by atoms with Crippen LogP contribution >= 0.6 is 0 Å². The van der Waals surface area contributed by atoms with E-state index in [4.69, 9.17) is 0 Å². The Kier molecular flexibility index (Phi) is 6.20. The van der Waals surface area contributed by atoms with Crippen LogP contribution in [0.15, 0.2) is 18.2 Å². The summed E-state index contributed by atoms with van der Waals surface area (Å²) in [5, 5.41) is 3.39. The quantitative estimate of drug-likeness (QED) is 0.793. The normalized spacial score (nSPS) is 11.0. The van der Waals surface area contributed by atoms with Gasteiger partial charge in [0.1, 0.15) is 0 Å². The van der Waals surface area contributed by atoms with Crippen LogP contribution in [0.25, 0.3) is 0 Å².